The fourth-order valence-corrected chi connectivity index (χ4v) is 4.54. The first-order valence-corrected chi connectivity index (χ1v) is 11.3. The summed E-state index contributed by atoms with van der Waals surface area (Å²) in [4.78, 5) is 30.0. The van der Waals surface area contributed by atoms with Crippen molar-refractivity contribution < 1.29 is 19.4 Å². The Kier molecular flexibility index (Phi) is 5.74. The Balaban J connectivity index is 1.52. The van der Waals surface area contributed by atoms with Gasteiger partial charge in [0.15, 0.2) is 0 Å². The summed E-state index contributed by atoms with van der Waals surface area (Å²) in [7, 11) is 0. The Labute approximate surface area is 191 Å². The van der Waals surface area contributed by atoms with E-state index < -0.39 is 12.1 Å². The monoisotopic (exact) mass is 449 g/mol. The number of hydrogen-bond acceptors (Lipinski definition) is 7. The maximum absolute atomic E-state index is 13.0. The van der Waals surface area contributed by atoms with E-state index in [0.717, 1.165) is 27.7 Å². The molecule has 1 aromatic heterocycles. The molecule has 2 aromatic carbocycles. The lowest BCUT2D eigenvalue weighted by atomic mass is 9.98. The molecule has 172 valence electrons. The summed E-state index contributed by atoms with van der Waals surface area (Å²) in [5, 5.41) is 11.8. The van der Waals surface area contributed by atoms with E-state index in [-0.39, 0.29) is 30.7 Å². The molecule has 0 spiro atoms. The van der Waals surface area contributed by atoms with Gasteiger partial charge in [0.1, 0.15) is 11.8 Å². The number of carbonyl (C=O) groups excluding carboxylic acids is 2. The Morgan fingerprint density at radius 3 is 2.85 bits per heavy atom. The van der Waals surface area contributed by atoms with Crippen molar-refractivity contribution in [3.63, 3.8) is 0 Å². The number of amides is 1. The number of phenols is 1. The molecule has 2 aliphatic heterocycles. The predicted molar refractivity (Wildman–Crippen MR) is 122 cm³/mol. The Morgan fingerprint density at radius 2 is 1.97 bits per heavy atom. The first-order chi connectivity index (χ1) is 16.0. The van der Waals surface area contributed by atoms with Crippen LogP contribution in [0.3, 0.4) is 0 Å². The second-order valence-corrected chi connectivity index (χ2v) is 8.68. The zero-order valence-corrected chi connectivity index (χ0v) is 18.2. The minimum absolute atomic E-state index is 0.115. The van der Waals surface area contributed by atoms with Crippen molar-refractivity contribution in [2.75, 3.05) is 13.2 Å². The molecule has 9 heteroatoms. The SMILES string of the molecule is N[C@H]1Cc2cc(O)cc(c2)-c2ccc3ncn(c3c2)CCCOC(=O)[C@@H]2CCCN(N2)C1=O. The van der Waals surface area contributed by atoms with Gasteiger partial charge in [-0.2, -0.15) is 0 Å². The zero-order valence-electron chi connectivity index (χ0n) is 18.2. The van der Waals surface area contributed by atoms with E-state index in [0.29, 0.717) is 32.4 Å². The number of aromatic nitrogens is 2. The number of hydrazine groups is 1. The molecule has 0 aliphatic carbocycles. The molecule has 9 nitrogen and oxygen atoms in total. The third kappa shape index (κ3) is 4.42. The first-order valence-electron chi connectivity index (χ1n) is 11.3. The third-order valence-corrected chi connectivity index (χ3v) is 6.23. The summed E-state index contributed by atoms with van der Waals surface area (Å²) in [6.07, 6.45) is 3.96. The second kappa shape index (κ2) is 8.84. The van der Waals surface area contributed by atoms with E-state index in [9.17, 15) is 14.7 Å². The molecule has 1 saturated heterocycles. The average Bonchev–Trinajstić information content (AvgIpc) is 3.22. The Hall–Kier alpha value is -3.43. The van der Waals surface area contributed by atoms with Crippen molar-refractivity contribution in [3.05, 3.63) is 48.3 Å². The number of rotatable bonds is 0. The van der Waals surface area contributed by atoms with Gasteiger partial charge in [0, 0.05) is 13.1 Å². The van der Waals surface area contributed by atoms with E-state index in [1.165, 1.54) is 5.01 Å². The van der Waals surface area contributed by atoms with Crippen LogP contribution in [0.15, 0.2) is 42.7 Å². The number of nitrogens with one attached hydrogen (secondary N) is 1. The standard InChI is InChI=1S/C24H27N5O4/c25-19-11-15-9-17(12-18(30)10-15)16-4-5-20-22(13-16)28(14-26-20)6-2-8-33-24(32)21-3-1-7-29(27-21)23(19)31/h4-5,9-10,12-14,19,21,27,30H,1-3,6-8,11,25H2/t19-,21-/m0/s1. The number of ether oxygens (including phenoxy) is 1. The number of nitrogens with two attached hydrogens (primary N) is 1. The molecule has 1 amide bonds. The van der Waals surface area contributed by atoms with Gasteiger partial charge in [0.25, 0.3) is 5.91 Å². The smallest absolute Gasteiger partial charge is 0.324 e. The normalized spacial score (nSPS) is 22.2. The molecule has 3 aromatic rings. The van der Waals surface area contributed by atoms with Gasteiger partial charge < -0.3 is 20.1 Å². The van der Waals surface area contributed by atoms with Crippen molar-refractivity contribution >= 4 is 22.9 Å². The summed E-state index contributed by atoms with van der Waals surface area (Å²) < 4.78 is 7.51. The molecule has 2 aliphatic rings. The first kappa shape index (κ1) is 21.4. The highest BCUT2D eigenvalue weighted by Crippen LogP contribution is 2.29. The van der Waals surface area contributed by atoms with Crippen LogP contribution in [-0.4, -0.2) is 56.8 Å². The molecule has 0 radical (unpaired) electrons. The van der Waals surface area contributed by atoms with E-state index >= 15 is 0 Å². The highest BCUT2D eigenvalue weighted by atomic mass is 16.5. The third-order valence-electron chi connectivity index (χ3n) is 6.23. The molecule has 2 atom stereocenters. The number of hydrogen-bond donors (Lipinski definition) is 3. The molecular weight excluding hydrogens is 422 g/mol. The molecule has 5 rings (SSSR count). The van der Waals surface area contributed by atoms with Gasteiger partial charge >= 0.3 is 5.97 Å². The molecule has 6 bridgehead atoms. The van der Waals surface area contributed by atoms with E-state index in [1.807, 2.05) is 28.8 Å². The topological polar surface area (TPSA) is 123 Å². The average molecular weight is 450 g/mol. The van der Waals surface area contributed by atoms with Crippen LogP contribution >= 0.6 is 0 Å². The summed E-state index contributed by atoms with van der Waals surface area (Å²) in [5.41, 5.74) is 13.6. The second-order valence-electron chi connectivity index (χ2n) is 8.68. The fourth-order valence-electron chi connectivity index (χ4n) is 4.54. The number of esters is 1. The number of nitrogens with zero attached hydrogens (tertiary/aromatic N) is 3. The van der Waals surface area contributed by atoms with Crippen LogP contribution in [0.4, 0.5) is 0 Å². The quantitative estimate of drug-likeness (QED) is 0.447. The number of imidazole rings is 1. The predicted octanol–water partition coefficient (Wildman–Crippen LogP) is 1.72. The van der Waals surface area contributed by atoms with Crippen LogP contribution in [0.2, 0.25) is 0 Å². The van der Waals surface area contributed by atoms with Gasteiger partial charge in [-0.1, -0.05) is 12.1 Å². The molecule has 0 saturated carbocycles. The molecule has 33 heavy (non-hydrogen) atoms. The van der Waals surface area contributed by atoms with Crippen molar-refractivity contribution in [2.24, 2.45) is 5.73 Å². The number of fused-ring (bicyclic) bond motifs is 6. The van der Waals surface area contributed by atoms with Crippen molar-refractivity contribution in [2.45, 2.75) is 44.3 Å². The maximum Gasteiger partial charge on any atom is 0.324 e. The van der Waals surface area contributed by atoms with Crippen molar-refractivity contribution in [1.82, 2.24) is 20.0 Å². The molecule has 0 unspecified atom stereocenters. The van der Waals surface area contributed by atoms with Gasteiger partial charge in [-0.05, 0) is 66.6 Å². The lowest BCUT2D eigenvalue weighted by Crippen LogP contribution is -2.59. The highest BCUT2D eigenvalue weighted by Gasteiger charge is 2.31. The Morgan fingerprint density at radius 1 is 1.09 bits per heavy atom. The summed E-state index contributed by atoms with van der Waals surface area (Å²) in [6.45, 7) is 1.40. The van der Waals surface area contributed by atoms with Crippen LogP contribution in [-0.2, 0) is 27.3 Å². The van der Waals surface area contributed by atoms with Gasteiger partial charge in [-0.15, -0.1) is 0 Å². The molecule has 1 fully saturated rings. The van der Waals surface area contributed by atoms with Gasteiger partial charge in [-0.25, -0.2) is 10.4 Å². The lowest BCUT2D eigenvalue weighted by Gasteiger charge is -2.34. The van der Waals surface area contributed by atoms with E-state index in [1.54, 1.807) is 18.5 Å². The maximum atomic E-state index is 13.0. The minimum atomic E-state index is -0.815. The van der Waals surface area contributed by atoms with Crippen LogP contribution in [0.5, 0.6) is 5.75 Å². The number of aromatic hydroxyl groups is 1. The fraction of sp³-hybridized carbons (Fsp3) is 0.375. The summed E-state index contributed by atoms with van der Waals surface area (Å²) in [5.74, 6) is -0.537. The molecular formula is C24H27N5O4. The minimum Gasteiger partial charge on any atom is -0.508 e. The van der Waals surface area contributed by atoms with Crippen LogP contribution in [0, 0.1) is 0 Å². The van der Waals surface area contributed by atoms with Crippen molar-refractivity contribution in [1.29, 1.82) is 0 Å². The number of cyclic esters (lactones) is 1. The zero-order chi connectivity index (χ0) is 22.9. The van der Waals surface area contributed by atoms with E-state index in [2.05, 4.69) is 10.4 Å². The van der Waals surface area contributed by atoms with Crippen molar-refractivity contribution in [3.8, 4) is 16.9 Å². The highest BCUT2D eigenvalue weighted by molar-refractivity contribution is 5.84. The van der Waals surface area contributed by atoms with Gasteiger partial charge in [0.2, 0.25) is 0 Å². The largest absolute Gasteiger partial charge is 0.508 e. The van der Waals surface area contributed by atoms with Gasteiger partial charge in [-0.3, -0.25) is 14.6 Å². The number of carbonyl (C=O) groups is 2. The summed E-state index contributed by atoms with van der Waals surface area (Å²) in [6, 6.07) is 9.82. The number of benzene rings is 2. The van der Waals surface area contributed by atoms with Crippen LogP contribution < -0.4 is 11.2 Å². The lowest BCUT2D eigenvalue weighted by molar-refractivity contribution is -0.152. The molecule has 3 heterocycles. The number of aryl methyl sites for hydroxylation is 1. The van der Waals surface area contributed by atoms with Gasteiger partial charge in [0.05, 0.1) is 30.0 Å². The van der Waals surface area contributed by atoms with Crippen LogP contribution in [0.25, 0.3) is 22.2 Å². The van der Waals surface area contributed by atoms with E-state index in [4.69, 9.17) is 10.5 Å². The number of phenolic OH excluding ortho intramolecular Hbond substituents is 1. The Bertz CT molecular complexity index is 1210. The molecule has 4 N–H and O–H groups in total. The van der Waals surface area contributed by atoms with Crippen LogP contribution in [0.1, 0.15) is 24.8 Å². The summed E-state index contributed by atoms with van der Waals surface area (Å²) >= 11 is 0.